The van der Waals surface area contributed by atoms with Gasteiger partial charge in [0.25, 0.3) is 5.56 Å². The molecule has 1 fully saturated rings. The molecule has 0 amide bonds. The number of sulfonamides is 1. The molecule has 1 aliphatic rings. The van der Waals surface area contributed by atoms with Gasteiger partial charge in [0, 0.05) is 49.0 Å². The summed E-state index contributed by atoms with van der Waals surface area (Å²) in [5.41, 5.74) is 0.960. The molecule has 36 heavy (non-hydrogen) atoms. The number of aromatic amines is 2. The number of imidazole rings is 1. The smallest absolute Gasteiger partial charge is 0.327 e. The Bertz CT molecular complexity index is 1620. The Kier molecular flexibility index (Phi) is 6.45. The second-order valence-corrected chi connectivity index (χ2v) is 11.0. The number of hydrogen-bond acceptors (Lipinski definition) is 6. The average molecular weight is 529 g/mol. The second-order valence-electron chi connectivity index (χ2n) is 8.58. The summed E-state index contributed by atoms with van der Waals surface area (Å²) in [4.78, 5) is 35.6. The Hall–Kier alpha value is -3.41. The number of benzene rings is 2. The quantitative estimate of drug-likeness (QED) is 0.396. The Morgan fingerprint density at radius 2 is 1.61 bits per heavy atom. The molecule has 0 aliphatic carbocycles. The van der Waals surface area contributed by atoms with Crippen LogP contribution in [0.1, 0.15) is 13.3 Å². The summed E-state index contributed by atoms with van der Waals surface area (Å²) in [5.74, 6) is 0.486. The van der Waals surface area contributed by atoms with Gasteiger partial charge in [-0.05, 0) is 55.0 Å². The largest absolute Gasteiger partial charge is 0.369 e. The lowest BCUT2D eigenvalue weighted by Gasteiger charge is -2.35. The number of piperazine rings is 1. The van der Waals surface area contributed by atoms with Crippen LogP contribution in [0.2, 0.25) is 5.02 Å². The van der Waals surface area contributed by atoms with Gasteiger partial charge in [-0.25, -0.2) is 18.2 Å². The van der Waals surface area contributed by atoms with Crippen molar-refractivity contribution >= 4 is 38.5 Å². The molecule has 2 aromatic heterocycles. The average Bonchev–Trinajstić information content (AvgIpc) is 3.23. The number of aromatic nitrogens is 4. The third-order valence-corrected chi connectivity index (χ3v) is 8.43. The number of halogens is 1. The minimum absolute atomic E-state index is 0.133. The van der Waals surface area contributed by atoms with Crippen molar-refractivity contribution in [2.45, 2.75) is 24.8 Å². The van der Waals surface area contributed by atoms with E-state index in [0.717, 1.165) is 12.1 Å². The molecule has 1 aliphatic heterocycles. The molecule has 188 valence electrons. The molecule has 12 heteroatoms. The molecule has 0 atom stereocenters. The van der Waals surface area contributed by atoms with Crippen molar-refractivity contribution in [3.05, 3.63) is 74.4 Å². The number of nitrogens with one attached hydrogen (secondary N) is 2. The Morgan fingerprint density at radius 1 is 0.944 bits per heavy atom. The van der Waals surface area contributed by atoms with Crippen molar-refractivity contribution in [1.82, 2.24) is 23.8 Å². The lowest BCUT2D eigenvalue weighted by Crippen LogP contribution is -2.48. The number of aryl methyl sites for hydroxylation is 1. The van der Waals surface area contributed by atoms with Crippen LogP contribution in [0.5, 0.6) is 0 Å². The highest BCUT2D eigenvalue weighted by molar-refractivity contribution is 7.89. The monoisotopic (exact) mass is 528 g/mol. The van der Waals surface area contributed by atoms with Gasteiger partial charge >= 0.3 is 5.69 Å². The zero-order valence-corrected chi connectivity index (χ0v) is 21.1. The number of nitrogens with zero attached hydrogens (tertiary/aromatic N) is 4. The molecule has 0 spiro atoms. The number of fused-ring (bicyclic) bond motifs is 1. The van der Waals surface area contributed by atoms with E-state index in [2.05, 4.69) is 19.9 Å². The van der Waals surface area contributed by atoms with Crippen molar-refractivity contribution in [2.24, 2.45) is 0 Å². The topological polar surface area (TPSA) is 124 Å². The molecular formula is C24H25ClN6O4S. The number of rotatable bonds is 6. The van der Waals surface area contributed by atoms with Gasteiger partial charge in [0.05, 0.1) is 4.90 Å². The molecule has 0 radical (unpaired) electrons. The van der Waals surface area contributed by atoms with E-state index in [9.17, 15) is 18.0 Å². The van der Waals surface area contributed by atoms with Crippen LogP contribution in [-0.2, 0) is 16.6 Å². The highest BCUT2D eigenvalue weighted by Gasteiger charge is 2.29. The fourth-order valence-electron chi connectivity index (χ4n) is 4.46. The van der Waals surface area contributed by atoms with Crippen molar-refractivity contribution in [3.8, 4) is 11.4 Å². The third-order valence-electron chi connectivity index (χ3n) is 6.27. The molecular weight excluding hydrogens is 504 g/mol. The van der Waals surface area contributed by atoms with Gasteiger partial charge in [0.1, 0.15) is 11.5 Å². The van der Waals surface area contributed by atoms with Crippen LogP contribution in [0.3, 0.4) is 0 Å². The van der Waals surface area contributed by atoms with E-state index in [1.54, 1.807) is 28.8 Å². The summed E-state index contributed by atoms with van der Waals surface area (Å²) in [6.45, 7) is 4.40. The zero-order chi connectivity index (χ0) is 25.4. The van der Waals surface area contributed by atoms with Crippen molar-refractivity contribution in [1.29, 1.82) is 0 Å². The number of H-pyrrole nitrogens is 2. The summed E-state index contributed by atoms with van der Waals surface area (Å²) in [6, 6.07) is 14.0. The molecule has 0 bridgehead atoms. The first kappa shape index (κ1) is 24.3. The molecule has 4 aromatic rings. The van der Waals surface area contributed by atoms with Crippen molar-refractivity contribution in [3.63, 3.8) is 0 Å². The SMILES string of the molecule is CCCn1c(-c2ccc(S(=O)(=O)N3CCN(c4ccc(Cl)cc4)CC3)cc2)nc2c(=O)[nH]c(=O)[nH]c21. The highest BCUT2D eigenvalue weighted by atomic mass is 35.5. The first-order valence-electron chi connectivity index (χ1n) is 11.6. The van der Waals surface area contributed by atoms with Crippen LogP contribution in [0.4, 0.5) is 5.69 Å². The molecule has 2 N–H and O–H groups in total. The van der Waals surface area contributed by atoms with Crippen LogP contribution in [-0.4, -0.2) is 58.4 Å². The summed E-state index contributed by atoms with van der Waals surface area (Å²) >= 11 is 5.97. The minimum Gasteiger partial charge on any atom is -0.369 e. The second kappa shape index (κ2) is 9.57. The maximum atomic E-state index is 13.3. The summed E-state index contributed by atoms with van der Waals surface area (Å²) in [6.07, 6.45) is 0.752. The Morgan fingerprint density at radius 3 is 2.25 bits per heavy atom. The minimum atomic E-state index is -3.67. The zero-order valence-electron chi connectivity index (χ0n) is 19.6. The molecule has 3 heterocycles. The van der Waals surface area contributed by atoms with Crippen molar-refractivity contribution in [2.75, 3.05) is 31.1 Å². The van der Waals surface area contributed by atoms with Gasteiger partial charge in [-0.3, -0.25) is 14.8 Å². The maximum Gasteiger partial charge on any atom is 0.327 e. The van der Waals surface area contributed by atoms with E-state index in [0.29, 0.717) is 54.8 Å². The van der Waals surface area contributed by atoms with E-state index in [-0.39, 0.29) is 10.4 Å². The van der Waals surface area contributed by atoms with Gasteiger partial charge in [0.2, 0.25) is 10.0 Å². The van der Waals surface area contributed by atoms with Crippen LogP contribution < -0.4 is 16.1 Å². The summed E-state index contributed by atoms with van der Waals surface area (Å²) in [5, 5.41) is 0.661. The van der Waals surface area contributed by atoms with E-state index in [1.807, 2.05) is 31.2 Å². The fraction of sp³-hybridized carbons (Fsp3) is 0.292. The predicted molar refractivity (Wildman–Crippen MR) is 139 cm³/mol. The number of anilines is 1. The fourth-order valence-corrected chi connectivity index (χ4v) is 6.01. The van der Waals surface area contributed by atoms with E-state index >= 15 is 0 Å². The molecule has 1 saturated heterocycles. The highest BCUT2D eigenvalue weighted by Crippen LogP contribution is 2.26. The van der Waals surface area contributed by atoms with Gasteiger partial charge in [0.15, 0.2) is 5.52 Å². The van der Waals surface area contributed by atoms with Crippen molar-refractivity contribution < 1.29 is 8.42 Å². The van der Waals surface area contributed by atoms with E-state index < -0.39 is 21.3 Å². The molecule has 5 rings (SSSR count). The van der Waals surface area contributed by atoms with Gasteiger partial charge in [-0.1, -0.05) is 18.5 Å². The van der Waals surface area contributed by atoms with Crippen LogP contribution in [0.15, 0.2) is 63.0 Å². The van der Waals surface area contributed by atoms with Gasteiger partial charge in [-0.2, -0.15) is 4.31 Å². The molecule has 0 saturated carbocycles. The first-order chi connectivity index (χ1) is 17.3. The van der Waals surface area contributed by atoms with Gasteiger partial charge < -0.3 is 9.47 Å². The van der Waals surface area contributed by atoms with E-state index in [4.69, 9.17) is 11.6 Å². The number of hydrogen-bond donors (Lipinski definition) is 2. The van der Waals surface area contributed by atoms with Crippen LogP contribution >= 0.6 is 11.6 Å². The summed E-state index contributed by atoms with van der Waals surface area (Å²) in [7, 11) is -3.67. The Labute approximate surface area is 212 Å². The Balaban J connectivity index is 1.39. The lowest BCUT2D eigenvalue weighted by atomic mass is 10.2. The molecule has 2 aromatic carbocycles. The lowest BCUT2D eigenvalue weighted by molar-refractivity contribution is 0.385. The first-order valence-corrected chi connectivity index (χ1v) is 13.4. The normalized spacial score (nSPS) is 15.0. The standard InChI is InChI=1S/C24H25ClN6O4S/c1-2-11-31-21(26-20-22(31)27-24(33)28-23(20)32)16-3-9-19(10-4-16)36(34,35)30-14-12-29(13-15-30)18-7-5-17(25)6-8-18/h3-10H,2,11-15H2,1H3,(H2,27,28,32,33). The van der Waals surface area contributed by atoms with Crippen LogP contribution in [0, 0.1) is 0 Å². The van der Waals surface area contributed by atoms with Crippen LogP contribution in [0.25, 0.3) is 22.6 Å². The molecule has 10 nitrogen and oxygen atoms in total. The molecule has 0 unspecified atom stereocenters. The van der Waals surface area contributed by atoms with Gasteiger partial charge in [-0.15, -0.1) is 0 Å². The predicted octanol–water partition coefficient (Wildman–Crippen LogP) is 2.65. The summed E-state index contributed by atoms with van der Waals surface area (Å²) < 4.78 is 29.9. The van der Waals surface area contributed by atoms with E-state index in [1.165, 1.54) is 4.31 Å². The maximum absolute atomic E-state index is 13.3. The third kappa shape index (κ3) is 4.45.